The van der Waals surface area contributed by atoms with Crippen LogP contribution in [0.4, 0.5) is 17.1 Å². The Morgan fingerprint density at radius 3 is 1.52 bits per heavy atom. The molecule has 0 aliphatic heterocycles. The third kappa shape index (κ3) is 7.61. The molecular weight excluding hydrogens is 875 g/mol. The molecule has 1 aromatic heterocycles. The highest BCUT2D eigenvalue weighted by molar-refractivity contribution is 7.26. The maximum atomic E-state index is 2.51. The average Bonchev–Trinajstić information content (AvgIpc) is 3.93. The lowest BCUT2D eigenvalue weighted by molar-refractivity contribution is 0.588. The van der Waals surface area contributed by atoms with Crippen LogP contribution in [-0.2, 0) is 16.2 Å². The monoisotopic (exact) mass is 931 g/mol. The molecule has 1 heterocycles. The van der Waals surface area contributed by atoms with E-state index in [-0.39, 0.29) is 10.8 Å². The Morgan fingerprint density at radius 1 is 0.352 bits per heavy atom. The van der Waals surface area contributed by atoms with Crippen LogP contribution >= 0.6 is 11.3 Å². The SMILES string of the molecule is CC(C)(C)c1ccc(C2(c3ccc(C(C)(C)C)cc3)c3ccccc3-c3ccc(N(c4ccc(-c5cccc6c5sc5ccccc56)cc4)c4ccccc4-c4ccc(-c5ccccc5)cc4)cc32)cc1. The molecule has 0 saturated carbocycles. The van der Waals surface area contributed by atoms with Gasteiger partial charge >= 0.3 is 0 Å². The van der Waals surface area contributed by atoms with E-state index < -0.39 is 5.41 Å². The van der Waals surface area contributed by atoms with Crippen molar-refractivity contribution in [3.05, 3.63) is 270 Å². The number of para-hydroxylation sites is 1. The fourth-order valence-corrected chi connectivity index (χ4v) is 12.5. The number of anilines is 3. The fraction of sp³-hybridized carbons (Fsp3) is 0.130. The van der Waals surface area contributed by atoms with E-state index in [1.807, 2.05) is 11.3 Å². The van der Waals surface area contributed by atoms with E-state index >= 15 is 0 Å². The quantitative estimate of drug-likeness (QED) is 0.147. The van der Waals surface area contributed by atoms with E-state index in [9.17, 15) is 0 Å². The first-order chi connectivity index (χ1) is 34.5. The van der Waals surface area contributed by atoms with Crippen LogP contribution < -0.4 is 4.90 Å². The minimum atomic E-state index is -0.583. The molecule has 0 radical (unpaired) electrons. The molecule has 1 nitrogen and oxygen atoms in total. The largest absolute Gasteiger partial charge is 0.310 e. The van der Waals surface area contributed by atoms with E-state index in [2.05, 4.69) is 283 Å². The molecule has 2 heteroatoms. The zero-order valence-electron chi connectivity index (χ0n) is 41.4. The highest BCUT2D eigenvalue weighted by Crippen LogP contribution is 2.58. The summed E-state index contributed by atoms with van der Waals surface area (Å²) in [7, 11) is 0. The molecule has 1 aliphatic rings. The molecule has 0 saturated heterocycles. The summed E-state index contributed by atoms with van der Waals surface area (Å²) in [5.74, 6) is 0. The van der Waals surface area contributed by atoms with E-state index in [1.165, 1.54) is 92.5 Å². The molecule has 11 aromatic rings. The number of hydrogen-bond acceptors (Lipinski definition) is 2. The molecule has 10 aromatic carbocycles. The third-order valence-corrected chi connectivity index (χ3v) is 16.2. The summed E-state index contributed by atoms with van der Waals surface area (Å²) in [4.78, 5) is 2.49. The highest BCUT2D eigenvalue weighted by atomic mass is 32.1. The van der Waals surface area contributed by atoms with Gasteiger partial charge in [-0.3, -0.25) is 0 Å². The van der Waals surface area contributed by atoms with Gasteiger partial charge in [0.1, 0.15) is 0 Å². The van der Waals surface area contributed by atoms with Crippen molar-refractivity contribution in [2.24, 2.45) is 0 Å². The van der Waals surface area contributed by atoms with Crippen LogP contribution in [0, 0.1) is 0 Å². The van der Waals surface area contributed by atoms with Crippen molar-refractivity contribution in [1.82, 2.24) is 0 Å². The van der Waals surface area contributed by atoms with Crippen LogP contribution in [0.3, 0.4) is 0 Å². The molecular formula is C69H57NS. The van der Waals surface area contributed by atoms with E-state index in [0.29, 0.717) is 0 Å². The Bertz CT molecular complexity index is 3670. The van der Waals surface area contributed by atoms with Crippen LogP contribution in [0.2, 0.25) is 0 Å². The molecule has 1 aliphatic carbocycles. The normalized spacial score (nSPS) is 13.0. The Kier molecular flexibility index (Phi) is 10.8. The van der Waals surface area contributed by atoms with E-state index in [0.717, 1.165) is 22.6 Å². The number of fused-ring (bicyclic) bond motifs is 6. The molecule has 0 atom stereocenters. The van der Waals surface area contributed by atoms with Gasteiger partial charge in [0.15, 0.2) is 0 Å². The molecule has 0 amide bonds. The van der Waals surface area contributed by atoms with Gasteiger partial charge in [-0.05, 0) is 120 Å². The zero-order chi connectivity index (χ0) is 48.5. The molecule has 0 unspecified atom stereocenters. The second-order valence-electron chi connectivity index (χ2n) is 21.3. The van der Waals surface area contributed by atoms with Gasteiger partial charge in [0.25, 0.3) is 0 Å². The van der Waals surface area contributed by atoms with Crippen molar-refractivity contribution in [1.29, 1.82) is 0 Å². The number of benzene rings is 10. The van der Waals surface area contributed by atoms with E-state index in [4.69, 9.17) is 0 Å². The number of hydrogen-bond donors (Lipinski definition) is 0. The van der Waals surface area contributed by atoms with Gasteiger partial charge in [-0.1, -0.05) is 242 Å². The van der Waals surface area contributed by atoms with Crippen LogP contribution in [0.5, 0.6) is 0 Å². The standard InChI is InChI=1S/C69H57NS/c1-67(2,3)50-33-37-52(38-34-50)69(53-39-35-51(36-40-53)68(4,5)6)62-24-13-10-20-58(62)59-44-43-55(45-63(59)69)70(64-25-14-11-19-56(64)48-29-27-47(28-30-48)46-17-8-7-9-18-46)54-41-31-49(32-42-54)57-22-16-23-61-60-21-12-15-26-65(60)71-66(57)61/h7-45H,1-6H3. The fourth-order valence-electron chi connectivity index (χ4n) is 11.2. The lowest BCUT2D eigenvalue weighted by atomic mass is 9.67. The smallest absolute Gasteiger partial charge is 0.0714 e. The molecule has 0 spiro atoms. The Hall–Kier alpha value is -7.78. The number of nitrogens with zero attached hydrogens (tertiary/aromatic N) is 1. The summed E-state index contributed by atoms with van der Waals surface area (Å²) < 4.78 is 2.64. The first-order valence-corrected chi connectivity index (χ1v) is 25.8. The lowest BCUT2D eigenvalue weighted by Crippen LogP contribution is -2.29. The van der Waals surface area contributed by atoms with E-state index in [1.54, 1.807) is 0 Å². The zero-order valence-corrected chi connectivity index (χ0v) is 42.2. The predicted molar refractivity (Wildman–Crippen MR) is 305 cm³/mol. The Labute approximate surface area is 423 Å². The first-order valence-electron chi connectivity index (χ1n) is 25.0. The summed E-state index contributed by atoms with van der Waals surface area (Å²) >= 11 is 1.88. The average molecular weight is 932 g/mol. The molecule has 12 rings (SSSR count). The van der Waals surface area contributed by atoms with Crippen LogP contribution in [-0.4, -0.2) is 0 Å². The predicted octanol–water partition coefficient (Wildman–Crippen LogP) is 19.5. The van der Waals surface area contributed by atoms with Gasteiger partial charge in [0, 0.05) is 37.1 Å². The van der Waals surface area contributed by atoms with Gasteiger partial charge in [-0.25, -0.2) is 0 Å². The molecule has 0 bridgehead atoms. The van der Waals surface area contributed by atoms with Gasteiger partial charge in [0.05, 0.1) is 11.1 Å². The van der Waals surface area contributed by atoms with Crippen molar-refractivity contribution in [2.45, 2.75) is 57.8 Å². The van der Waals surface area contributed by atoms with Crippen LogP contribution in [0.25, 0.3) is 64.7 Å². The topological polar surface area (TPSA) is 3.24 Å². The van der Waals surface area contributed by atoms with Crippen LogP contribution in [0.15, 0.2) is 237 Å². The van der Waals surface area contributed by atoms with Crippen molar-refractivity contribution >= 4 is 48.6 Å². The number of thiophene rings is 1. The van der Waals surface area contributed by atoms with Gasteiger partial charge in [-0.15, -0.1) is 11.3 Å². The summed E-state index contributed by atoms with van der Waals surface area (Å²) in [6, 6.07) is 88.8. The summed E-state index contributed by atoms with van der Waals surface area (Å²) in [6.45, 7) is 13.8. The summed E-state index contributed by atoms with van der Waals surface area (Å²) in [5, 5.41) is 2.63. The van der Waals surface area contributed by atoms with Crippen molar-refractivity contribution in [2.75, 3.05) is 4.90 Å². The second-order valence-corrected chi connectivity index (χ2v) is 22.4. The lowest BCUT2D eigenvalue weighted by Gasteiger charge is -2.36. The van der Waals surface area contributed by atoms with Crippen molar-refractivity contribution in [3.63, 3.8) is 0 Å². The Balaban J connectivity index is 1.08. The van der Waals surface area contributed by atoms with Crippen molar-refractivity contribution < 1.29 is 0 Å². The summed E-state index contributed by atoms with van der Waals surface area (Å²) in [5.41, 5.74) is 20.3. The maximum Gasteiger partial charge on any atom is 0.0714 e. The molecule has 344 valence electrons. The highest BCUT2D eigenvalue weighted by Gasteiger charge is 2.46. The minimum absolute atomic E-state index is 0.0222. The van der Waals surface area contributed by atoms with Gasteiger partial charge in [0.2, 0.25) is 0 Å². The molecule has 0 N–H and O–H groups in total. The van der Waals surface area contributed by atoms with Gasteiger partial charge in [-0.2, -0.15) is 0 Å². The molecule has 0 fully saturated rings. The molecule has 71 heavy (non-hydrogen) atoms. The van der Waals surface area contributed by atoms with Crippen molar-refractivity contribution in [3.8, 4) is 44.5 Å². The third-order valence-electron chi connectivity index (χ3n) is 14.9. The number of rotatable bonds is 8. The van der Waals surface area contributed by atoms with Crippen LogP contribution in [0.1, 0.15) is 74.9 Å². The first kappa shape index (κ1) is 44.4. The maximum absolute atomic E-state index is 2.51. The minimum Gasteiger partial charge on any atom is -0.310 e. The Morgan fingerprint density at radius 2 is 0.845 bits per heavy atom. The summed E-state index contributed by atoms with van der Waals surface area (Å²) in [6.07, 6.45) is 0. The van der Waals surface area contributed by atoms with Gasteiger partial charge < -0.3 is 4.90 Å². The second kappa shape index (κ2) is 17.3.